The Bertz CT molecular complexity index is 370. The quantitative estimate of drug-likeness (QED) is 0.175. The predicted octanol–water partition coefficient (Wildman–Crippen LogP) is -17.2. The second kappa shape index (κ2) is 45.1. The summed E-state index contributed by atoms with van der Waals surface area (Å²) in [5.74, 6) is 0. The van der Waals surface area contributed by atoms with Crippen LogP contribution in [-0.4, -0.2) is 230 Å². The zero-order valence-corrected chi connectivity index (χ0v) is 32.4. The zero-order chi connectivity index (χ0) is 26.8. The van der Waals surface area contributed by atoms with Crippen LogP contribution < -0.4 is 59.1 Å². The summed E-state index contributed by atoms with van der Waals surface area (Å²) < 4.78 is 0. The van der Waals surface area contributed by atoms with Gasteiger partial charge in [0, 0.05) is 209 Å². The molecule has 0 aromatic carbocycles. The topological polar surface area (TPSA) is 90.7 Å². The van der Waals surface area contributed by atoms with Crippen LogP contribution in [-0.2, 0) is 65.4 Å². The number of hydrogen-bond donors (Lipinski definition) is 3. The van der Waals surface area contributed by atoms with Crippen LogP contribution in [0.25, 0.3) is 0 Å². The second-order valence-electron chi connectivity index (χ2n) is 6.50. The average Bonchev–Trinajstić information content (AvgIpc) is 2.52. The van der Waals surface area contributed by atoms with Crippen LogP contribution in [0.5, 0.6) is 0 Å². The largest absolute Gasteiger partial charge is 1.00 e. The van der Waals surface area contributed by atoms with Crippen LogP contribution in [0.15, 0.2) is 0 Å². The molecule has 0 aliphatic heterocycles. The predicted molar refractivity (Wildman–Crippen MR) is 192 cm³/mol. The molecule has 0 amide bonds. The van der Waals surface area contributed by atoms with Crippen LogP contribution in [0.4, 0.5) is 0 Å². The van der Waals surface area contributed by atoms with Gasteiger partial charge in [0.05, 0.1) is 0 Å². The molecule has 0 bridgehead atoms. The fraction of sp³-hybridized carbons (Fsp3) is 0. The molecule has 37 heteroatoms. The molecular weight excluding hydrogens is 613 g/mol. The molecule has 0 aromatic heterocycles. The Kier molecular flexibility index (Phi) is 83.4. The first kappa shape index (κ1) is 70.3. The van der Waals surface area contributed by atoms with E-state index in [1.807, 2.05) is 0 Å². The molecule has 0 fully saturated rings. The summed E-state index contributed by atoms with van der Waals surface area (Å²) >= 11 is 0. The summed E-state index contributed by atoms with van der Waals surface area (Å²) in [6.45, 7) is 0. The van der Waals surface area contributed by atoms with E-state index in [4.69, 9.17) is 139 Å². The van der Waals surface area contributed by atoms with Crippen molar-refractivity contribution in [2.75, 3.05) is 0 Å². The Morgan fingerprint density at radius 1 is 0.553 bits per heavy atom. The van der Waals surface area contributed by atoms with Gasteiger partial charge < -0.3 is 35.0 Å². The van der Waals surface area contributed by atoms with Crippen molar-refractivity contribution in [1.29, 1.82) is 0 Å². The van der Waals surface area contributed by atoms with E-state index >= 15 is 0 Å². The second-order valence-corrected chi connectivity index (χ2v) is 6.50. The van der Waals surface area contributed by atoms with E-state index in [0.29, 0.717) is 0 Å². The maximum absolute atomic E-state index is 7.17. The van der Waals surface area contributed by atoms with E-state index < -0.39 is 71.2 Å². The summed E-state index contributed by atoms with van der Waals surface area (Å²) in [5, 5.41) is 21.5. The molecule has 4 nitrogen and oxygen atoms in total. The molecule has 0 unspecified atom stereocenters. The molecule has 0 atom stereocenters. The SMILES string of the molecule is OB(O)O.[B]B([B])B(B([B])[B])B([B])[B].[B]B([B])[B-]B([B])B([B])[B].[B]B([B])[B]B([B])B([B])[B].[CH3-].[HH].[HH].[HH].[HH].[HH].[Na+].[Na+].[OH-].[Y].[Y]. The van der Waals surface area contributed by atoms with Crippen molar-refractivity contribution in [2.45, 2.75) is 0 Å². The molecule has 0 rings (SSSR count). The third kappa shape index (κ3) is 61.0. The Balaban J connectivity index is -0.0000000177. The van der Waals surface area contributed by atoms with Gasteiger partial charge in [0.1, 0.15) is 0 Å². The van der Waals surface area contributed by atoms with Crippen molar-refractivity contribution >= 4 is 209 Å². The summed E-state index contributed by atoms with van der Waals surface area (Å²) in [6.07, 6.45) is -5.56. The van der Waals surface area contributed by atoms with Gasteiger partial charge in [-0.3, -0.25) is 0 Å². The normalized spacial score (nSPS) is 6.82. The molecule has 0 aliphatic carbocycles. The third-order valence-corrected chi connectivity index (χ3v) is 3.11. The molecule has 0 aliphatic rings. The summed E-state index contributed by atoms with van der Waals surface area (Å²) in [6, 6.07) is 0. The fourth-order valence-corrected chi connectivity index (χ4v) is 1.54. The van der Waals surface area contributed by atoms with E-state index in [9.17, 15) is 0 Å². The first-order chi connectivity index (χ1) is 14.3. The minimum Gasteiger partial charge on any atom is -0.870 e. The molecule has 4 N–H and O–H groups in total. The van der Waals surface area contributed by atoms with Crippen LogP contribution >= 0.6 is 0 Å². The minimum absolute atomic E-state index is 0. The van der Waals surface area contributed by atoms with Crippen LogP contribution in [0, 0.1) is 7.43 Å². The Labute approximate surface area is 363 Å². The summed E-state index contributed by atoms with van der Waals surface area (Å²) in [5.41, 5.74) is 0. The molecular formula is CH17B29Na2O4Y2-. The van der Waals surface area contributed by atoms with Gasteiger partial charge >= 0.3 is 66.4 Å². The molecule has 37 radical (unpaired) electrons. The van der Waals surface area contributed by atoms with Crippen molar-refractivity contribution in [3.05, 3.63) is 7.43 Å². The fourth-order valence-electron chi connectivity index (χ4n) is 1.54. The number of rotatable bonds is 9. The van der Waals surface area contributed by atoms with Gasteiger partial charge in [0.15, 0.2) is 0 Å². The maximum Gasteiger partial charge on any atom is 1.00 e. The minimum atomic E-state index is -2.17. The van der Waals surface area contributed by atoms with Crippen molar-refractivity contribution in [1.82, 2.24) is 0 Å². The van der Waals surface area contributed by atoms with Gasteiger partial charge in [-0.25, -0.2) is 0 Å². The van der Waals surface area contributed by atoms with Gasteiger partial charge in [0.2, 0.25) is 0 Å². The maximum atomic E-state index is 7.17. The van der Waals surface area contributed by atoms with Crippen molar-refractivity contribution < 1.29 is 152 Å². The van der Waals surface area contributed by atoms with Crippen LogP contribution in [0.3, 0.4) is 0 Å². The summed E-state index contributed by atoms with van der Waals surface area (Å²) in [7, 11) is 84.7. The molecule has 38 heavy (non-hydrogen) atoms. The first-order valence-electron chi connectivity index (χ1n) is 9.11. The molecule has 0 saturated heterocycles. The smallest absolute Gasteiger partial charge is 0.870 e. The van der Waals surface area contributed by atoms with E-state index in [-0.39, 0.29) is 145 Å². The Hall–Kier alpha value is 5.93. The Morgan fingerprint density at radius 3 is 0.868 bits per heavy atom. The van der Waals surface area contributed by atoms with Gasteiger partial charge in [0.25, 0.3) is 0 Å². The standard InChI is InChI=1S/CH3.B10.2B9.BH3O3.2Na.H2O.2Y.5H2/c;1-7(2)10(8(3)4)9(5)6;2*1-7(2)6-9(5)8(3)4;2-1(3)4;;;;;;;;;;/h1H3;;;;2-4H;;;1H2;;;5*1H/q-1;;;-1;;2*+1;;;;;;;;/p-1. The van der Waals surface area contributed by atoms with Gasteiger partial charge in [-0.2, -0.15) is 12.8 Å². The van der Waals surface area contributed by atoms with E-state index in [0.717, 1.165) is 0 Å². The molecule has 0 spiro atoms. The molecule has 0 saturated carbocycles. The van der Waals surface area contributed by atoms with E-state index in [2.05, 4.69) is 0 Å². The van der Waals surface area contributed by atoms with E-state index in [1.165, 1.54) is 14.1 Å². The molecule has 0 heterocycles. The monoisotopic (exact) mass is 636 g/mol. The third-order valence-electron chi connectivity index (χ3n) is 3.11. The van der Waals surface area contributed by atoms with Crippen molar-refractivity contribution in [3.63, 3.8) is 0 Å². The zero-order valence-electron chi connectivity index (χ0n) is 22.7. The van der Waals surface area contributed by atoms with Gasteiger partial charge in [-0.15, -0.1) is 0 Å². The van der Waals surface area contributed by atoms with Crippen LogP contribution in [0.2, 0.25) is 0 Å². The van der Waals surface area contributed by atoms with Crippen molar-refractivity contribution in [2.24, 2.45) is 0 Å². The molecule has 0 aromatic rings. The Morgan fingerprint density at radius 2 is 0.816 bits per heavy atom. The summed E-state index contributed by atoms with van der Waals surface area (Å²) in [4.78, 5) is 0. The number of hydrogen-bond acceptors (Lipinski definition) is 4. The van der Waals surface area contributed by atoms with Gasteiger partial charge in [-0.1, -0.05) is 0 Å². The molecule has 141 valence electrons. The van der Waals surface area contributed by atoms with Crippen LogP contribution in [0.1, 0.15) is 7.13 Å². The van der Waals surface area contributed by atoms with Gasteiger partial charge in [-0.05, 0) is 45.1 Å². The van der Waals surface area contributed by atoms with E-state index in [1.54, 1.807) is 0 Å². The first-order valence-corrected chi connectivity index (χ1v) is 9.11. The van der Waals surface area contributed by atoms with Crippen molar-refractivity contribution in [3.8, 4) is 0 Å². The average molecular weight is 630 g/mol.